The first-order valence-electron chi connectivity index (χ1n) is 8.26. The van der Waals surface area contributed by atoms with Gasteiger partial charge in [-0.1, -0.05) is 18.2 Å². The van der Waals surface area contributed by atoms with Crippen LogP contribution in [0.3, 0.4) is 0 Å². The summed E-state index contributed by atoms with van der Waals surface area (Å²) in [5.41, 5.74) is 0.462. The summed E-state index contributed by atoms with van der Waals surface area (Å²) in [4.78, 5) is 25.1. The lowest BCUT2D eigenvalue weighted by Gasteiger charge is -2.18. The molecule has 124 valence electrons. The van der Waals surface area contributed by atoms with E-state index in [9.17, 15) is 9.59 Å². The van der Waals surface area contributed by atoms with Gasteiger partial charge in [0.2, 0.25) is 5.91 Å². The molecule has 2 bridgehead atoms. The number of rotatable bonds is 5. The number of aromatic nitrogens is 2. The molecule has 2 heterocycles. The number of fused-ring (bicyclic) bond motifs is 2. The quantitative estimate of drug-likeness (QED) is 0.849. The molecule has 1 amide bonds. The van der Waals surface area contributed by atoms with Gasteiger partial charge in [0.15, 0.2) is 0 Å². The third kappa shape index (κ3) is 3.06. The zero-order valence-electron chi connectivity index (χ0n) is 13.2. The third-order valence-electron chi connectivity index (χ3n) is 4.91. The molecule has 2 aromatic rings. The molecule has 24 heavy (non-hydrogen) atoms. The standard InChI is InChI=1S/C18H19N3O2S/c22-17(19-10-14-9-12-3-4-13(14)8-12)11-21-18(23)6-5-15(20-21)16-2-1-7-24-16/h1-7,12-14H,8-11H2,(H,19,22)/t12-,13+,14+/m1/s1. The van der Waals surface area contributed by atoms with Crippen molar-refractivity contribution in [3.63, 3.8) is 0 Å². The van der Waals surface area contributed by atoms with E-state index in [0.29, 0.717) is 24.3 Å². The Balaban J connectivity index is 1.39. The number of carbonyl (C=O) groups is 1. The fraction of sp³-hybridized carbons (Fsp3) is 0.389. The average molecular weight is 341 g/mol. The van der Waals surface area contributed by atoms with Crippen LogP contribution in [0.15, 0.2) is 46.6 Å². The molecule has 0 unspecified atom stereocenters. The fourth-order valence-electron chi connectivity index (χ4n) is 3.68. The summed E-state index contributed by atoms with van der Waals surface area (Å²) < 4.78 is 1.24. The Hall–Kier alpha value is -2.21. The van der Waals surface area contributed by atoms with Gasteiger partial charge in [0, 0.05) is 12.6 Å². The second-order valence-electron chi connectivity index (χ2n) is 6.54. The van der Waals surface area contributed by atoms with E-state index in [1.165, 1.54) is 17.2 Å². The number of thiophene rings is 1. The Bertz CT molecular complexity index is 825. The zero-order valence-corrected chi connectivity index (χ0v) is 14.0. The van der Waals surface area contributed by atoms with E-state index in [1.54, 1.807) is 17.4 Å². The maximum absolute atomic E-state index is 12.2. The third-order valence-corrected chi connectivity index (χ3v) is 5.80. The van der Waals surface area contributed by atoms with Crippen molar-refractivity contribution < 1.29 is 4.79 Å². The van der Waals surface area contributed by atoms with Gasteiger partial charge in [-0.25, -0.2) is 4.68 Å². The Morgan fingerprint density at radius 2 is 2.21 bits per heavy atom. The van der Waals surface area contributed by atoms with E-state index in [4.69, 9.17) is 0 Å². The summed E-state index contributed by atoms with van der Waals surface area (Å²) in [6, 6.07) is 7.05. The lowest BCUT2D eigenvalue weighted by Crippen LogP contribution is -2.36. The minimum absolute atomic E-state index is 0.0330. The molecule has 5 nitrogen and oxygen atoms in total. The Kier molecular flexibility index (Phi) is 4.06. The van der Waals surface area contributed by atoms with E-state index < -0.39 is 0 Å². The van der Waals surface area contributed by atoms with E-state index in [0.717, 1.165) is 17.0 Å². The highest BCUT2D eigenvalue weighted by atomic mass is 32.1. The van der Waals surface area contributed by atoms with Crippen molar-refractivity contribution in [1.82, 2.24) is 15.1 Å². The highest BCUT2D eigenvalue weighted by Gasteiger charge is 2.35. The maximum atomic E-state index is 12.2. The van der Waals surface area contributed by atoms with Crippen molar-refractivity contribution in [2.24, 2.45) is 17.8 Å². The molecular weight excluding hydrogens is 322 g/mol. The Labute approximate surface area is 144 Å². The van der Waals surface area contributed by atoms with Gasteiger partial charge in [0.25, 0.3) is 5.56 Å². The van der Waals surface area contributed by atoms with Gasteiger partial charge in [-0.15, -0.1) is 11.3 Å². The van der Waals surface area contributed by atoms with Crippen LogP contribution >= 0.6 is 11.3 Å². The summed E-state index contributed by atoms with van der Waals surface area (Å²) in [5, 5.41) is 9.25. The normalized spacial score (nSPS) is 24.4. The molecule has 1 saturated carbocycles. The van der Waals surface area contributed by atoms with Crippen LogP contribution in [-0.4, -0.2) is 22.2 Å². The fourth-order valence-corrected chi connectivity index (χ4v) is 4.37. The number of hydrogen-bond donors (Lipinski definition) is 1. The summed E-state index contributed by atoms with van der Waals surface area (Å²) in [7, 11) is 0. The molecule has 6 heteroatoms. The number of nitrogens with one attached hydrogen (secondary N) is 1. The van der Waals surface area contributed by atoms with Gasteiger partial charge >= 0.3 is 0 Å². The molecule has 1 fully saturated rings. The predicted octanol–water partition coefficient (Wildman–Crippen LogP) is 2.30. The van der Waals surface area contributed by atoms with Gasteiger partial charge in [-0.3, -0.25) is 9.59 Å². The van der Waals surface area contributed by atoms with Crippen molar-refractivity contribution in [2.45, 2.75) is 19.4 Å². The summed E-state index contributed by atoms with van der Waals surface area (Å²) in [6.07, 6.45) is 6.96. The summed E-state index contributed by atoms with van der Waals surface area (Å²) >= 11 is 1.56. The molecule has 0 aliphatic heterocycles. The molecule has 0 saturated heterocycles. The van der Waals surface area contributed by atoms with Crippen molar-refractivity contribution in [3.8, 4) is 10.6 Å². The Morgan fingerprint density at radius 1 is 1.29 bits per heavy atom. The van der Waals surface area contributed by atoms with Crippen molar-refractivity contribution in [1.29, 1.82) is 0 Å². The maximum Gasteiger partial charge on any atom is 0.267 e. The summed E-state index contributed by atoms with van der Waals surface area (Å²) in [5.74, 6) is 1.69. The van der Waals surface area contributed by atoms with Crippen LogP contribution in [0.25, 0.3) is 10.6 Å². The van der Waals surface area contributed by atoms with Crippen LogP contribution < -0.4 is 10.9 Å². The minimum atomic E-state index is -0.256. The van der Waals surface area contributed by atoms with Crippen LogP contribution in [0.1, 0.15) is 12.8 Å². The highest BCUT2D eigenvalue weighted by molar-refractivity contribution is 7.13. The Morgan fingerprint density at radius 3 is 2.92 bits per heavy atom. The summed E-state index contributed by atoms with van der Waals surface area (Å²) in [6.45, 7) is 0.651. The minimum Gasteiger partial charge on any atom is -0.354 e. The number of hydrogen-bond acceptors (Lipinski definition) is 4. The molecule has 2 aliphatic carbocycles. The van der Waals surface area contributed by atoms with Gasteiger partial charge < -0.3 is 5.32 Å². The topological polar surface area (TPSA) is 64.0 Å². The van der Waals surface area contributed by atoms with Gasteiger partial charge in [0.1, 0.15) is 12.2 Å². The smallest absolute Gasteiger partial charge is 0.267 e. The van der Waals surface area contributed by atoms with Crippen LogP contribution in [0, 0.1) is 17.8 Å². The van der Waals surface area contributed by atoms with Crippen molar-refractivity contribution in [2.75, 3.05) is 6.54 Å². The zero-order chi connectivity index (χ0) is 16.5. The average Bonchev–Trinajstić information content (AvgIpc) is 3.32. The van der Waals surface area contributed by atoms with Gasteiger partial charge in [0.05, 0.1) is 4.88 Å². The molecule has 1 N–H and O–H groups in total. The molecule has 3 atom stereocenters. The second-order valence-corrected chi connectivity index (χ2v) is 7.48. The number of carbonyl (C=O) groups excluding carboxylic acids is 1. The largest absolute Gasteiger partial charge is 0.354 e. The van der Waals surface area contributed by atoms with Crippen LogP contribution in [0.2, 0.25) is 0 Å². The SMILES string of the molecule is O=C(Cn1nc(-c2cccs2)ccc1=O)NC[C@@H]1C[C@@H]2C=C[C@H]1C2. The van der Waals surface area contributed by atoms with Gasteiger partial charge in [-0.2, -0.15) is 5.10 Å². The first-order chi connectivity index (χ1) is 11.7. The van der Waals surface area contributed by atoms with E-state index in [1.807, 2.05) is 17.5 Å². The molecular formula is C18H19N3O2S. The van der Waals surface area contributed by atoms with Crippen LogP contribution in [0.4, 0.5) is 0 Å². The van der Waals surface area contributed by atoms with Crippen molar-refractivity contribution >= 4 is 17.2 Å². The van der Waals surface area contributed by atoms with Gasteiger partial charge in [-0.05, 0) is 48.1 Å². The molecule has 0 aromatic carbocycles. The lowest BCUT2D eigenvalue weighted by atomic mass is 9.94. The number of amides is 1. The molecule has 2 aromatic heterocycles. The number of nitrogens with zero attached hydrogens (tertiary/aromatic N) is 2. The van der Waals surface area contributed by atoms with E-state index in [-0.39, 0.29) is 18.0 Å². The van der Waals surface area contributed by atoms with E-state index >= 15 is 0 Å². The molecule has 4 rings (SSSR count). The monoisotopic (exact) mass is 341 g/mol. The van der Waals surface area contributed by atoms with Crippen molar-refractivity contribution in [3.05, 3.63) is 52.2 Å². The number of allylic oxidation sites excluding steroid dienone is 2. The molecule has 2 aliphatic rings. The van der Waals surface area contributed by atoms with Crippen LogP contribution in [-0.2, 0) is 11.3 Å². The lowest BCUT2D eigenvalue weighted by molar-refractivity contribution is -0.122. The molecule has 0 radical (unpaired) electrons. The van der Waals surface area contributed by atoms with E-state index in [2.05, 4.69) is 22.6 Å². The van der Waals surface area contributed by atoms with Crippen LogP contribution in [0.5, 0.6) is 0 Å². The predicted molar refractivity (Wildman–Crippen MR) is 93.7 cm³/mol. The molecule has 0 spiro atoms. The highest BCUT2D eigenvalue weighted by Crippen LogP contribution is 2.42. The first-order valence-corrected chi connectivity index (χ1v) is 9.14. The first kappa shape index (κ1) is 15.3. The second kappa shape index (κ2) is 6.36.